The van der Waals surface area contributed by atoms with Crippen LogP contribution in [0.1, 0.15) is 50.0 Å². The smallest absolute Gasteiger partial charge is 0.271 e. The van der Waals surface area contributed by atoms with E-state index >= 15 is 0 Å². The summed E-state index contributed by atoms with van der Waals surface area (Å²) < 4.78 is 1.54. The van der Waals surface area contributed by atoms with Crippen molar-refractivity contribution in [3.8, 4) is 0 Å². The first-order valence-electron chi connectivity index (χ1n) is 7.09. The van der Waals surface area contributed by atoms with Crippen LogP contribution in [-0.2, 0) is 7.05 Å². The molecular formula is C14H24N4O. The molecule has 1 amide bonds. The molecule has 1 saturated carbocycles. The molecule has 5 heteroatoms. The number of aryl methyl sites for hydroxylation is 1. The normalized spacial score (nSPS) is 23.6. The van der Waals surface area contributed by atoms with Gasteiger partial charge in [-0.25, -0.2) is 0 Å². The average Bonchev–Trinajstić information content (AvgIpc) is 2.69. The SMILES string of the molecule is CC(C)C1CCCCC1NC(=O)c1c(N)cnn1C. The van der Waals surface area contributed by atoms with Crippen LogP contribution >= 0.6 is 0 Å². The summed E-state index contributed by atoms with van der Waals surface area (Å²) in [4.78, 5) is 12.3. The van der Waals surface area contributed by atoms with Crippen molar-refractivity contribution >= 4 is 11.6 Å². The zero-order chi connectivity index (χ0) is 14.0. The molecule has 2 rings (SSSR count). The van der Waals surface area contributed by atoms with Gasteiger partial charge < -0.3 is 11.1 Å². The van der Waals surface area contributed by atoms with Crippen LogP contribution in [0, 0.1) is 11.8 Å². The first-order valence-corrected chi connectivity index (χ1v) is 7.09. The number of nitrogens with one attached hydrogen (secondary N) is 1. The van der Waals surface area contributed by atoms with Gasteiger partial charge in [-0.2, -0.15) is 5.10 Å². The molecule has 0 saturated heterocycles. The third-order valence-electron chi connectivity index (χ3n) is 4.17. The molecule has 0 aromatic carbocycles. The Morgan fingerprint density at radius 1 is 1.47 bits per heavy atom. The molecule has 0 bridgehead atoms. The van der Waals surface area contributed by atoms with Crippen molar-refractivity contribution in [3.63, 3.8) is 0 Å². The first kappa shape index (κ1) is 13.9. The fourth-order valence-corrected chi connectivity index (χ4v) is 3.11. The number of nitrogens with zero attached hydrogens (tertiary/aromatic N) is 2. The summed E-state index contributed by atoms with van der Waals surface area (Å²) in [5.74, 6) is 1.05. The van der Waals surface area contributed by atoms with Crippen molar-refractivity contribution in [1.82, 2.24) is 15.1 Å². The van der Waals surface area contributed by atoms with E-state index in [0.29, 0.717) is 23.2 Å². The number of carbonyl (C=O) groups is 1. The van der Waals surface area contributed by atoms with E-state index in [9.17, 15) is 4.79 Å². The molecule has 0 radical (unpaired) electrons. The second-order valence-electron chi connectivity index (χ2n) is 5.84. The molecule has 0 spiro atoms. The number of nitrogens with two attached hydrogens (primary N) is 1. The van der Waals surface area contributed by atoms with Gasteiger partial charge in [-0.3, -0.25) is 9.48 Å². The van der Waals surface area contributed by atoms with E-state index in [-0.39, 0.29) is 11.9 Å². The van der Waals surface area contributed by atoms with E-state index in [1.54, 1.807) is 7.05 Å². The van der Waals surface area contributed by atoms with Gasteiger partial charge in [0.05, 0.1) is 11.9 Å². The zero-order valence-electron chi connectivity index (χ0n) is 12.0. The lowest BCUT2D eigenvalue weighted by molar-refractivity contribution is 0.0880. The minimum atomic E-state index is -0.102. The highest BCUT2D eigenvalue weighted by molar-refractivity contribution is 5.97. The summed E-state index contributed by atoms with van der Waals surface area (Å²) in [6.45, 7) is 4.46. The molecule has 1 aromatic heterocycles. The Morgan fingerprint density at radius 2 is 2.16 bits per heavy atom. The molecule has 1 aliphatic rings. The fraction of sp³-hybridized carbons (Fsp3) is 0.714. The van der Waals surface area contributed by atoms with Gasteiger partial charge in [0.15, 0.2) is 0 Å². The molecule has 0 aliphatic heterocycles. The fourth-order valence-electron chi connectivity index (χ4n) is 3.11. The van der Waals surface area contributed by atoms with Crippen molar-refractivity contribution in [2.75, 3.05) is 5.73 Å². The number of carbonyl (C=O) groups excluding carboxylic acids is 1. The molecule has 1 aromatic rings. The molecule has 5 nitrogen and oxygen atoms in total. The molecule has 1 fully saturated rings. The van der Waals surface area contributed by atoms with Gasteiger partial charge in [-0.15, -0.1) is 0 Å². The van der Waals surface area contributed by atoms with E-state index in [1.807, 2.05) is 0 Å². The second-order valence-corrected chi connectivity index (χ2v) is 5.84. The molecule has 3 N–H and O–H groups in total. The Labute approximate surface area is 114 Å². The highest BCUT2D eigenvalue weighted by Crippen LogP contribution is 2.30. The van der Waals surface area contributed by atoms with E-state index in [4.69, 9.17) is 5.73 Å². The van der Waals surface area contributed by atoms with Crippen LogP contribution in [0.15, 0.2) is 6.20 Å². The monoisotopic (exact) mass is 264 g/mol. The minimum absolute atomic E-state index is 0.102. The van der Waals surface area contributed by atoms with Crippen LogP contribution in [0.3, 0.4) is 0 Å². The van der Waals surface area contributed by atoms with Gasteiger partial charge in [-0.1, -0.05) is 26.7 Å². The summed E-state index contributed by atoms with van der Waals surface area (Å²) in [5.41, 5.74) is 6.71. The van der Waals surface area contributed by atoms with Gasteiger partial charge in [0.25, 0.3) is 5.91 Å². The number of nitrogen functional groups attached to an aromatic ring is 1. The topological polar surface area (TPSA) is 72.9 Å². The number of amides is 1. The van der Waals surface area contributed by atoms with Crippen LogP contribution in [0.2, 0.25) is 0 Å². The summed E-state index contributed by atoms with van der Waals surface area (Å²) >= 11 is 0. The summed E-state index contributed by atoms with van der Waals surface area (Å²) in [7, 11) is 1.74. The van der Waals surface area contributed by atoms with Crippen LogP contribution in [0.25, 0.3) is 0 Å². The second kappa shape index (κ2) is 5.63. The maximum Gasteiger partial charge on any atom is 0.271 e. The number of hydrogen-bond donors (Lipinski definition) is 2. The minimum Gasteiger partial charge on any atom is -0.396 e. The number of anilines is 1. The zero-order valence-corrected chi connectivity index (χ0v) is 12.0. The number of hydrogen-bond acceptors (Lipinski definition) is 3. The highest BCUT2D eigenvalue weighted by atomic mass is 16.2. The standard InChI is InChI=1S/C14H24N4O/c1-9(2)10-6-4-5-7-12(10)17-14(19)13-11(15)8-16-18(13)3/h8-10,12H,4-7,15H2,1-3H3,(H,17,19). The van der Waals surface area contributed by atoms with Gasteiger partial charge in [0, 0.05) is 13.1 Å². The number of rotatable bonds is 3. The summed E-state index contributed by atoms with van der Waals surface area (Å²) in [6.07, 6.45) is 6.24. The van der Waals surface area contributed by atoms with Crippen molar-refractivity contribution in [1.29, 1.82) is 0 Å². The van der Waals surface area contributed by atoms with E-state index in [2.05, 4.69) is 24.3 Å². The Balaban J connectivity index is 2.09. The number of aromatic nitrogens is 2. The third kappa shape index (κ3) is 2.91. The van der Waals surface area contributed by atoms with Crippen LogP contribution in [0.4, 0.5) is 5.69 Å². The molecule has 1 aliphatic carbocycles. The van der Waals surface area contributed by atoms with Crippen LogP contribution in [-0.4, -0.2) is 21.7 Å². The highest BCUT2D eigenvalue weighted by Gasteiger charge is 2.29. The maximum atomic E-state index is 12.3. The maximum absolute atomic E-state index is 12.3. The first-order chi connectivity index (χ1) is 9.00. The summed E-state index contributed by atoms with van der Waals surface area (Å²) in [6, 6.07) is 0.260. The van der Waals surface area contributed by atoms with Crippen LogP contribution < -0.4 is 11.1 Å². The summed E-state index contributed by atoms with van der Waals surface area (Å²) in [5, 5.41) is 7.17. The van der Waals surface area contributed by atoms with Gasteiger partial charge in [0.1, 0.15) is 5.69 Å². The predicted molar refractivity (Wildman–Crippen MR) is 75.7 cm³/mol. The van der Waals surface area contributed by atoms with E-state index < -0.39 is 0 Å². The Kier molecular flexibility index (Phi) is 4.12. The van der Waals surface area contributed by atoms with Gasteiger partial charge in [-0.05, 0) is 24.7 Å². The lowest BCUT2D eigenvalue weighted by Gasteiger charge is -2.34. The van der Waals surface area contributed by atoms with Gasteiger partial charge in [0.2, 0.25) is 0 Å². The Morgan fingerprint density at radius 3 is 2.74 bits per heavy atom. The van der Waals surface area contributed by atoms with Crippen molar-refractivity contribution in [3.05, 3.63) is 11.9 Å². The molecule has 1 heterocycles. The average molecular weight is 264 g/mol. The molecule has 19 heavy (non-hydrogen) atoms. The van der Waals surface area contributed by atoms with Crippen molar-refractivity contribution in [2.24, 2.45) is 18.9 Å². The quantitative estimate of drug-likeness (QED) is 0.876. The lowest BCUT2D eigenvalue weighted by Crippen LogP contribution is -2.44. The molecular weight excluding hydrogens is 240 g/mol. The largest absolute Gasteiger partial charge is 0.396 e. The van der Waals surface area contributed by atoms with E-state index in [0.717, 1.165) is 6.42 Å². The van der Waals surface area contributed by atoms with Crippen molar-refractivity contribution < 1.29 is 4.79 Å². The Hall–Kier alpha value is -1.52. The predicted octanol–water partition coefficient (Wildman–Crippen LogP) is 1.95. The van der Waals surface area contributed by atoms with Crippen molar-refractivity contribution in [2.45, 2.75) is 45.6 Å². The van der Waals surface area contributed by atoms with Gasteiger partial charge >= 0.3 is 0 Å². The molecule has 2 atom stereocenters. The molecule has 106 valence electrons. The molecule has 2 unspecified atom stereocenters. The lowest BCUT2D eigenvalue weighted by atomic mass is 9.78. The van der Waals surface area contributed by atoms with Crippen LogP contribution in [0.5, 0.6) is 0 Å². The third-order valence-corrected chi connectivity index (χ3v) is 4.17. The van der Waals surface area contributed by atoms with E-state index in [1.165, 1.54) is 30.1 Å². The Bertz CT molecular complexity index is 433.